The minimum atomic E-state index is -4.01. The van der Waals surface area contributed by atoms with Crippen molar-refractivity contribution in [2.24, 2.45) is 0 Å². The predicted molar refractivity (Wildman–Crippen MR) is 184 cm³/mol. The number of hydrogen-bond donors (Lipinski definition) is 3. The van der Waals surface area contributed by atoms with Gasteiger partial charge >= 0.3 is 0 Å². The number of sulfonamides is 1. The standard InChI is InChI=1S/C34H39N9O3S/c1-26-11-14-29(15-12-26)47(45,46)43(24-27-9-4-2-5-10-27)30-16-13-28(23-31(30)44)37-33-38-32(36-17-8-19-41-22-18-35-25-41)39-34(40-33)42-20-6-3-7-21-42/h2,4-5,9-16,18,22-23,25,44H,3,6-8,17,19-21,24H2,1H3,(H2,36,37,38,39,40). The van der Waals surface area contributed by atoms with Gasteiger partial charge in [-0.2, -0.15) is 15.0 Å². The Bertz CT molecular complexity index is 1860. The first-order chi connectivity index (χ1) is 22.8. The maximum absolute atomic E-state index is 13.9. The minimum absolute atomic E-state index is 0.0416. The number of aromatic hydroxyl groups is 1. The second-order valence-electron chi connectivity index (χ2n) is 11.5. The van der Waals surface area contributed by atoms with Gasteiger partial charge in [0.15, 0.2) is 0 Å². The number of aryl methyl sites for hydroxylation is 2. The average molecular weight is 654 g/mol. The lowest BCUT2D eigenvalue weighted by molar-refractivity contribution is 0.475. The van der Waals surface area contributed by atoms with Crippen LogP contribution in [0.15, 0.2) is 96.4 Å². The minimum Gasteiger partial charge on any atom is -0.506 e. The highest BCUT2D eigenvalue weighted by Gasteiger charge is 2.28. The highest BCUT2D eigenvalue weighted by atomic mass is 32.2. The van der Waals surface area contributed by atoms with Crippen LogP contribution in [0.3, 0.4) is 0 Å². The van der Waals surface area contributed by atoms with Crippen LogP contribution < -0.4 is 19.8 Å². The Morgan fingerprint density at radius 2 is 1.68 bits per heavy atom. The fourth-order valence-corrected chi connectivity index (χ4v) is 6.91. The smallest absolute Gasteiger partial charge is 0.264 e. The summed E-state index contributed by atoms with van der Waals surface area (Å²) in [7, 11) is -4.01. The lowest BCUT2D eigenvalue weighted by Gasteiger charge is -2.27. The van der Waals surface area contributed by atoms with Crippen LogP contribution in [-0.4, -0.2) is 57.7 Å². The summed E-state index contributed by atoms with van der Waals surface area (Å²) in [6.45, 7) is 5.15. The molecule has 1 saturated heterocycles. The maximum Gasteiger partial charge on any atom is 0.264 e. The van der Waals surface area contributed by atoms with Gasteiger partial charge in [0.05, 0.1) is 23.5 Å². The van der Waals surface area contributed by atoms with E-state index in [0.29, 0.717) is 30.1 Å². The van der Waals surface area contributed by atoms with Crippen LogP contribution in [0.5, 0.6) is 5.75 Å². The van der Waals surface area contributed by atoms with Gasteiger partial charge in [-0.15, -0.1) is 0 Å². The number of piperidine rings is 1. The fourth-order valence-electron chi connectivity index (χ4n) is 5.44. The van der Waals surface area contributed by atoms with Gasteiger partial charge in [-0.1, -0.05) is 48.0 Å². The number of rotatable bonds is 13. The Morgan fingerprint density at radius 3 is 2.40 bits per heavy atom. The molecule has 12 nitrogen and oxygen atoms in total. The van der Waals surface area contributed by atoms with Crippen LogP contribution in [0.25, 0.3) is 0 Å². The van der Waals surface area contributed by atoms with E-state index in [1.807, 2.05) is 48.0 Å². The third kappa shape index (κ3) is 7.98. The number of aromatic nitrogens is 5. The molecule has 3 heterocycles. The predicted octanol–water partition coefficient (Wildman–Crippen LogP) is 5.71. The van der Waals surface area contributed by atoms with E-state index in [2.05, 4.69) is 25.5 Å². The molecule has 0 radical (unpaired) electrons. The zero-order chi connectivity index (χ0) is 32.6. The first-order valence-corrected chi connectivity index (χ1v) is 17.2. The maximum atomic E-state index is 13.9. The molecule has 1 aliphatic rings. The van der Waals surface area contributed by atoms with Crippen molar-refractivity contribution in [1.82, 2.24) is 24.5 Å². The summed E-state index contributed by atoms with van der Waals surface area (Å²) >= 11 is 0. The topological polar surface area (TPSA) is 141 Å². The number of imidazole rings is 1. The van der Waals surface area contributed by atoms with Crippen molar-refractivity contribution in [2.75, 3.05) is 39.5 Å². The normalized spacial score (nSPS) is 13.3. The molecule has 0 aliphatic carbocycles. The van der Waals surface area contributed by atoms with Gasteiger partial charge in [0.1, 0.15) is 5.75 Å². The lowest BCUT2D eigenvalue weighted by Crippen LogP contribution is -2.31. The number of nitrogens with one attached hydrogen (secondary N) is 2. The van der Waals surface area contributed by atoms with Gasteiger partial charge in [0.25, 0.3) is 10.0 Å². The zero-order valence-corrected chi connectivity index (χ0v) is 27.1. The van der Waals surface area contributed by atoms with Gasteiger partial charge in [-0.3, -0.25) is 4.31 Å². The fraction of sp³-hybridized carbons (Fsp3) is 0.294. The summed E-state index contributed by atoms with van der Waals surface area (Å²) in [5.74, 6) is 1.15. The molecule has 0 amide bonds. The molecule has 2 aromatic heterocycles. The van der Waals surface area contributed by atoms with E-state index in [-0.39, 0.29) is 22.9 Å². The molecule has 0 spiro atoms. The van der Waals surface area contributed by atoms with Crippen molar-refractivity contribution in [3.05, 3.63) is 103 Å². The van der Waals surface area contributed by atoms with E-state index < -0.39 is 10.0 Å². The molecule has 0 saturated carbocycles. The van der Waals surface area contributed by atoms with Crippen molar-refractivity contribution in [1.29, 1.82) is 0 Å². The summed E-state index contributed by atoms with van der Waals surface area (Å²) in [6.07, 6.45) is 9.65. The molecular formula is C34H39N9O3S. The van der Waals surface area contributed by atoms with E-state index in [1.165, 1.54) is 16.8 Å². The Morgan fingerprint density at radius 1 is 0.915 bits per heavy atom. The summed E-state index contributed by atoms with van der Waals surface area (Å²) in [6, 6.07) is 20.8. The van der Waals surface area contributed by atoms with Crippen LogP contribution in [0.4, 0.5) is 29.2 Å². The monoisotopic (exact) mass is 653 g/mol. The summed E-state index contributed by atoms with van der Waals surface area (Å²) in [4.78, 5) is 20.4. The van der Waals surface area contributed by atoms with Crippen LogP contribution in [0.2, 0.25) is 0 Å². The van der Waals surface area contributed by atoms with Gasteiger partial charge < -0.3 is 25.2 Å². The van der Waals surface area contributed by atoms with Crippen molar-refractivity contribution in [2.45, 2.75) is 50.6 Å². The largest absolute Gasteiger partial charge is 0.506 e. The Hall–Kier alpha value is -5.17. The summed E-state index contributed by atoms with van der Waals surface area (Å²) in [5, 5.41) is 17.8. The summed E-state index contributed by atoms with van der Waals surface area (Å²) < 4.78 is 31.1. The summed E-state index contributed by atoms with van der Waals surface area (Å²) in [5.41, 5.74) is 2.39. The number of benzene rings is 3. The molecule has 47 heavy (non-hydrogen) atoms. The molecule has 244 valence electrons. The molecule has 3 N–H and O–H groups in total. The molecule has 1 fully saturated rings. The highest BCUT2D eigenvalue weighted by Crippen LogP contribution is 2.36. The number of anilines is 5. The number of phenolic OH excluding ortho intramolecular Hbond substituents is 1. The van der Waals surface area contributed by atoms with Gasteiger partial charge in [0, 0.05) is 50.3 Å². The average Bonchev–Trinajstić information content (AvgIpc) is 3.61. The zero-order valence-electron chi connectivity index (χ0n) is 26.3. The van der Waals surface area contributed by atoms with Crippen LogP contribution in [-0.2, 0) is 23.1 Å². The Balaban J connectivity index is 1.26. The third-order valence-electron chi connectivity index (χ3n) is 7.98. The Kier molecular flexibility index (Phi) is 9.81. The van der Waals surface area contributed by atoms with E-state index in [0.717, 1.165) is 50.0 Å². The first-order valence-electron chi connectivity index (χ1n) is 15.8. The van der Waals surface area contributed by atoms with Crippen molar-refractivity contribution >= 4 is 39.2 Å². The lowest BCUT2D eigenvalue weighted by atomic mass is 10.1. The van der Waals surface area contributed by atoms with Crippen molar-refractivity contribution in [3.8, 4) is 5.75 Å². The van der Waals surface area contributed by atoms with E-state index in [4.69, 9.17) is 9.97 Å². The molecule has 6 rings (SSSR count). The van der Waals surface area contributed by atoms with Gasteiger partial charge in [-0.25, -0.2) is 13.4 Å². The first kappa shape index (κ1) is 31.8. The SMILES string of the molecule is Cc1ccc(S(=O)(=O)N(Cc2ccccc2)c2ccc(Nc3nc(NCCCn4ccnc4)nc(N4CCCCC4)n3)cc2O)cc1. The number of hydrogen-bond acceptors (Lipinski definition) is 10. The molecule has 1 aliphatic heterocycles. The molecule has 0 atom stereocenters. The van der Waals surface area contributed by atoms with E-state index >= 15 is 0 Å². The third-order valence-corrected chi connectivity index (χ3v) is 9.75. The molecule has 0 unspecified atom stereocenters. The quantitative estimate of drug-likeness (QED) is 0.135. The Labute approximate surface area is 275 Å². The second kappa shape index (κ2) is 14.5. The van der Waals surface area contributed by atoms with Crippen LogP contribution in [0.1, 0.15) is 36.8 Å². The van der Waals surface area contributed by atoms with E-state index in [1.54, 1.807) is 48.9 Å². The molecular weight excluding hydrogens is 615 g/mol. The highest BCUT2D eigenvalue weighted by molar-refractivity contribution is 7.92. The number of phenols is 1. The van der Waals surface area contributed by atoms with Crippen molar-refractivity contribution < 1.29 is 13.5 Å². The molecule has 3 aromatic carbocycles. The van der Waals surface area contributed by atoms with Crippen LogP contribution in [0, 0.1) is 6.92 Å². The van der Waals surface area contributed by atoms with Gasteiger partial charge in [0.2, 0.25) is 17.8 Å². The van der Waals surface area contributed by atoms with E-state index in [9.17, 15) is 13.5 Å². The molecule has 5 aromatic rings. The van der Waals surface area contributed by atoms with Gasteiger partial charge in [-0.05, 0) is 62.4 Å². The molecule has 0 bridgehead atoms. The van der Waals surface area contributed by atoms with Crippen LogP contribution >= 0.6 is 0 Å². The number of nitrogens with zero attached hydrogens (tertiary/aromatic N) is 7. The van der Waals surface area contributed by atoms with Crippen molar-refractivity contribution in [3.63, 3.8) is 0 Å². The second-order valence-corrected chi connectivity index (χ2v) is 13.4. The molecule has 13 heteroatoms.